The largest absolute Gasteiger partial charge is 0.382 e. The Morgan fingerprint density at radius 2 is 1.75 bits per heavy atom. The molecule has 0 aliphatic carbocycles. The maximum Gasteiger partial charge on any atom is 0.240 e. The third kappa shape index (κ3) is 4.14. The first-order valence-electron chi connectivity index (χ1n) is 8.18. The van der Waals surface area contributed by atoms with Gasteiger partial charge in [0, 0.05) is 14.8 Å². The van der Waals surface area contributed by atoms with Crippen LogP contribution in [0.4, 0.5) is 21.0 Å². The molecule has 1 heterocycles. The van der Waals surface area contributed by atoms with Crippen molar-refractivity contribution in [2.75, 3.05) is 10.6 Å². The SMILES string of the molecule is C[C@H](C(N)=O)N(c1ccc(F)cc1)c1nc(N)c(C(=O)c2ccc(I)cc2)s1. The van der Waals surface area contributed by atoms with E-state index in [-0.39, 0.29) is 16.5 Å². The standard InChI is InChI=1S/C19H16FIN4O2S/c1-10(18(23)27)25(14-8-4-12(20)5-9-14)19-24-17(22)16(28-19)15(26)11-2-6-13(21)7-3-11/h2-10H,22H2,1H3,(H2,23,27)/t10-/m1/s1. The van der Waals surface area contributed by atoms with Gasteiger partial charge < -0.3 is 16.4 Å². The maximum atomic E-state index is 13.3. The van der Waals surface area contributed by atoms with E-state index in [0.717, 1.165) is 14.9 Å². The van der Waals surface area contributed by atoms with Gasteiger partial charge in [-0.3, -0.25) is 9.59 Å². The zero-order valence-electron chi connectivity index (χ0n) is 14.7. The lowest BCUT2D eigenvalue weighted by atomic mass is 10.1. The Hall–Kier alpha value is -2.53. The van der Waals surface area contributed by atoms with E-state index in [0.29, 0.717) is 16.4 Å². The number of hydrogen-bond donors (Lipinski definition) is 2. The monoisotopic (exact) mass is 510 g/mol. The van der Waals surface area contributed by atoms with E-state index >= 15 is 0 Å². The van der Waals surface area contributed by atoms with Crippen LogP contribution < -0.4 is 16.4 Å². The summed E-state index contributed by atoms with van der Waals surface area (Å²) in [5.41, 5.74) is 12.5. The van der Waals surface area contributed by atoms with Gasteiger partial charge in [0.05, 0.1) is 0 Å². The van der Waals surface area contributed by atoms with Crippen LogP contribution in [0.1, 0.15) is 22.2 Å². The van der Waals surface area contributed by atoms with Gasteiger partial charge in [-0.2, -0.15) is 0 Å². The Morgan fingerprint density at radius 3 is 2.32 bits per heavy atom. The van der Waals surface area contributed by atoms with E-state index in [1.165, 1.54) is 29.2 Å². The summed E-state index contributed by atoms with van der Waals surface area (Å²) < 4.78 is 14.3. The van der Waals surface area contributed by atoms with Crippen LogP contribution in [0.3, 0.4) is 0 Å². The molecule has 6 nitrogen and oxygen atoms in total. The second-order valence-electron chi connectivity index (χ2n) is 5.97. The van der Waals surface area contributed by atoms with Crippen LogP contribution in [0.15, 0.2) is 48.5 Å². The third-order valence-corrected chi connectivity index (χ3v) is 5.85. The minimum atomic E-state index is -0.780. The van der Waals surface area contributed by atoms with E-state index in [4.69, 9.17) is 11.5 Å². The highest BCUT2D eigenvalue weighted by Gasteiger charge is 2.27. The first kappa shape index (κ1) is 20.2. The van der Waals surface area contributed by atoms with Gasteiger partial charge in [-0.15, -0.1) is 0 Å². The van der Waals surface area contributed by atoms with Crippen LogP contribution in [0, 0.1) is 9.39 Å². The highest BCUT2D eigenvalue weighted by Crippen LogP contribution is 2.36. The number of primary amides is 1. The summed E-state index contributed by atoms with van der Waals surface area (Å²) in [5.74, 6) is -1.21. The number of amides is 1. The molecule has 1 atom stereocenters. The number of carbonyl (C=O) groups is 2. The Labute approximate surface area is 178 Å². The second-order valence-corrected chi connectivity index (χ2v) is 8.19. The molecule has 0 fully saturated rings. The molecular weight excluding hydrogens is 494 g/mol. The zero-order valence-corrected chi connectivity index (χ0v) is 17.7. The Balaban J connectivity index is 2.03. The van der Waals surface area contributed by atoms with E-state index in [9.17, 15) is 14.0 Å². The smallest absolute Gasteiger partial charge is 0.240 e. The summed E-state index contributed by atoms with van der Waals surface area (Å²) in [6.07, 6.45) is 0. The Kier molecular flexibility index (Phi) is 5.94. The van der Waals surface area contributed by atoms with Gasteiger partial charge in [0.25, 0.3) is 0 Å². The number of thiazole rings is 1. The summed E-state index contributed by atoms with van der Waals surface area (Å²) in [6, 6.07) is 11.9. The minimum Gasteiger partial charge on any atom is -0.382 e. The quantitative estimate of drug-likeness (QED) is 0.389. The maximum absolute atomic E-state index is 13.3. The first-order valence-corrected chi connectivity index (χ1v) is 10.1. The van der Waals surface area contributed by atoms with Crippen LogP contribution in [-0.2, 0) is 4.79 Å². The van der Waals surface area contributed by atoms with Crippen molar-refractivity contribution in [3.63, 3.8) is 0 Å². The molecule has 0 saturated carbocycles. The lowest BCUT2D eigenvalue weighted by Crippen LogP contribution is -2.39. The molecule has 1 amide bonds. The van der Waals surface area contributed by atoms with Crippen molar-refractivity contribution >= 4 is 62.3 Å². The van der Waals surface area contributed by atoms with Gasteiger partial charge in [0.15, 0.2) is 5.13 Å². The van der Waals surface area contributed by atoms with Gasteiger partial charge in [0.2, 0.25) is 11.7 Å². The topological polar surface area (TPSA) is 102 Å². The van der Waals surface area contributed by atoms with Crippen molar-refractivity contribution in [3.05, 3.63) is 68.4 Å². The van der Waals surface area contributed by atoms with Gasteiger partial charge in [-0.25, -0.2) is 9.37 Å². The molecule has 144 valence electrons. The van der Waals surface area contributed by atoms with Gasteiger partial charge in [-0.05, 0) is 78.0 Å². The van der Waals surface area contributed by atoms with Crippen LogP contribution >= 0.6 is 33.9 Å². The molecule has 28 heavy (non-hydrogen) atoms. The zero-order chi connectivity index (χ0) is 20.4. The van der Waals surface area contributed by atoms with Crippen LogP contribution in [-0.4, -0.2) is 22.7 Å². The minimum absolute atomic E-state index is 0.0623. The number of hydrogen-bond acceptors (Lipinski definition) is 6. The number of halogens is 2. The van der Waals surface area contributed by atoms with Gasteiger partial charge in [0.1, 0.15) is 22.6 Å². The molecule has 9 heteroatoms. The fourth-order valence-electron chi connectivity index (χ4n) is 2.55. The number of nitrogens with zero attached hydrogens (tertiary/aromatic N) is 2. The molecule has 0 aliphatic heterocycles. The van der Waals surface area contributed by atoms with E-state index in [2.05, 4.69) is 27.6 Å². The lowest BCUT2D eigenvalue weighted by Gasteiger charge is -2.26. The van der Waals surface area contributed by atoms with Crippen molar-refractivity contribution in [1.82, 2.24) is 4.98 Å². The molecule has 0 bridgehead atoms. The van der Waals surface area contributed by atoms with Crippen molar-refractivity contribution in [2.24, 2.45) is 5.73 Å². The van der Waals surface area contributed by atoms with Crippen molar-refractivity contribution < 1.29 is 14.0 Å². The van der Waals surface area contributed by atoms with Gasteiger partial charge >= 0.3 is 0 Å². The molecule has 1 aromatic heterocycles. The number of aromatic nitrogens is 1. The number of carbonyl (C=O) groups excluding carboxylic acids is 2. The summed E-state index contributed by atoms with van der Waals surface area (Å²) >= 11 is 3.21. The summed E-state index contributed by atoms with van der Waals surface area (Å²) in [4.78, 5) is 30.7. The molecule has 3 aromatic rings. The predicted octanol–water partition coefficient (Wildman–Crippen LogP) is 3.71. The summed E-state index contributed by atoms with van der Waals surface area (Å²) in [7, 11) is 0. The molecule has 3 rings (SSSR count). The number of rotatable bonds is 6. The first-order chi connectivity index (χ1) is 13.3. The summed E-state index contributed by atoms with van der Waals surface area (Å²) in [6.45, 7) is 1.60. The average molecular weight is 510 g/mol. The normalized spacial score (nSPS) is 11.8. The van der Waals surface area contributed by atoms with Crippen molar-refractivity contribution in [3.8, 4) is 0 Å². The lowest BCUT2D eigenvalue weighted by molar-refractivity contribution is -0.118. The summed E-state index contributed by atoms with van der Waals surface area (Å²) in [5, 5.41) is 0.323. The number of nitrogen functional groups attached to an aromatic ring is 1. The fourth-order valence-corrected chi connectivity index (χ4v) is 3.96. The van der Waals surface area contributed by atoms with E-state index < -0.39 is 17.8 Å². The van der Waals surface area contributed by atoms with Crippen molar-refractivity contribution in [2.45, 2.75) is 13.0 Å². The molecular formula is C19H16FIN4O2S. The van der Waals surface area contributed by atoms with Crippen molar-refractivity contribution in [1.29, 1.82) is 0 Å². The highest BCUT2D eigenvalue weighted by molar-refractivity contribution is 14.1. The number of nitrogens with two attached hydrogens (primary N) is 2. The highest BCUT2D eigenvalue weighted by atomic mass is 127. The average Bonchev–Trinajstić information content (AvgIpc) is 3.04. The van der Waals surface area contributed by atoms with Crippen LogP contribution in [0.5, 0.6) is 0 Å². The predicted molar refractivity (Wildman–Crippen MR) is 116 cm³/mol. The number of ketones is 1. The van der Waals surface area contributed by atoms with E-state index in [1.54, 1.807) is 19.1 Å². The van der Waals surface area contributed by atoms with Crippen LogP contribution in [0.25, 0.3) is 0 Å². The molecule has 0 aliphatic rings. The second kappa shape index (κ2) is 8.23. The van der Waals surface area contributed by atoms with Gasteiger partial charge in [-0.1, -0.05) is 11.3 Å². The Morgan fingerprint density at radius 1 is 1.14 bits per heavy atom. The molecule has 0 saturated heterocycles. The molecule has 0 unspecified atom stereocenters. The molecule has 0 radical (unpaired) electrons. The van der Waals surface area contributed by atoms with E-state index in [1.807, 2.05) is 12.1 Å². The molecule has 2 aromatic carbocycles. The fraction of sp³-hybridized carbons (Fsp3) is 0.105. The Bertz CT molecular complexity index is 1020. The third-order valence-electron chi connectivity index (χ3n) is 4.06. The number of benzene rings is 2. The number of anilines is 3. The molecule has 0 spiro atoms. The van der Waals surface area contributed by atoms with Crippen LogP contribution in [0.2, 0.25) is 0 Å². The molecule has 4 N–H and O–H groups in total.